The molecule has 0 bridgehead atoms. The largest absolute Gasteiger partial charge is 0.503 e. The van der Waals surface area contributed by atoms with Gasteiger partial charge in [-0.15, -0.1) is 0 Å². The first kappa shape index (κ1) is 20.8. The summed E-state index contributed by atoms with van der Waals surface area (Å²) in [6.07, 6.45) is 0. The number of benzene rings is 3. The van der Waals surface area contributed by atoms with Crippen molar-refractivity contribution in [3.8, 4) is 46.0 Å². The Balaban J connectivity index is 1.75. The second-order valence-electron chi connectivity index (χ2n) is 6.26. The number of nitrogens with two attached hydrogens (primary N) is 2. The first-order valence-electron chi connectivity index (χ1n) is 9.37. The van der Waals surface area contributed by atoms with Gasteiger partial charge in [-0.3, -0.25) is 0 Å². The van der Waals surface area contributed by atoms with Crippen LogP contribution in [-0.4, -0.2) is 23.4 Å². The van der Waals surface area contributed by atoms with Crippen molar-refractivity contribution < 1.29 is 29.2 Å². The van der Waals surface area contributed by atoms with Crippen molar-refractivity contribution in [1.82, 2.24) is 0 Å². The van der Waals surface area contributed by atoms with Crippen molar-refractivity contribution in [2.24, 2.45) is 0 Å². The molecule has 0 unspecified atom stereocenters. The highest BCUT2D eigenvalue weighted by atomic mass is 16.5. The molecule has 0 saturated carbocycles. The number of anilines is 2. The number of hydrogen-bond acceptors (Lipinski definition) is 8. The van der Waals surface area contributed by atoms with Crippen molar-refractivity contribution in [2.45, 2.75) is 13.8 Å². The molecule has 0 radical (unpaired) electrons. The number of rotatable bonds is 8. The third-order valence-corrected chi connectivity index (χ3v) is 4.05. The van der Waals surface area contributed by atoms with E-state index in [4.69, 9.17) is 30.4 Å². The number of aromatic hydroxyl groups is 2. The van der Waals surface area contributed by atoms with E-state index < -0.39 is 0 Å². The average molecular weight is 412 g/mol. The molecule has 3 aromatic rings. The van der Waals surface area contributed by atoms with Crippen LogP contribution >= 0.6 is 0 Å². The van der Waals surface area contributed by atoms with Crippen LogP contribution in [0.15, 0.2) is 48.5 Å². The van der Waals surface area contributed by atoms with Crippen molar-refractivity contribution in [1.29, 1.82) is 0 Å². The molecule has 0 aliphatic heterocycles. The fraction of sp³-hybridized carbons (Fsp3) is 0.182. The second kappa shape index (κ2) is 9.04. The molecule has 0 saturated heterocycles. The van der Waals surface area contributed by atoms with Crippen LogP contribution in [0.3, 0.4) is 0 Å². The summed E-state index contributed by atoms with van der Waals surface area (Å²) in [6.45, 7) is 4.38. The topological polar surface area (TPSA) is 129 Å². The molecule has 158 valence electrons. The minimum absolute atomic E-state index is 0.118. The summed E-state index contributed by atoms with van der Waals surface area (Å²) in [5, 5.41) is 19.9. The van der Waals surface area contributed by atoms with Crippen molar-refractivity contribution in [3.63, 3.8) is 0 Å². The zero-order valence-electron chi connectivity index (χ0n) is 16.7. The molecule has 0 aliphatic carbocycles. The molecule has 0 heterocycles. The maximum Gasteiger partial charge on any atom is 0.181 e. The Kier molecular flexibility index (Phi) is 6.26. The van der Waals surface area contributed by atoms with Gasteiger partial charge in [0, 0.05) is 24.3 Å². The highest BCUT2D eigenvalue weighted by molar-refractivity contribution is 5.64. The van der Waals surface area contributed by atoms with Gasteiger partial charge in [-0.2, -0.15) is 0 Å². The lowest BCUT2D eigenvalue weighted by molar-refractivity contribution is 0.316. The molecule has 0 aliphatic rings. The van der Waals surface area contributed by atoms with E-state index in [2.05, 4.69) is 0 Å². The Morgan fingerprint density at radius 3 is 1.33 bits per heavy atom. The number of phenolic OH excluding ortho intramolecular Hbond substituents is 2. The fourth-order valence-corrected chi connectivity index (χ4v) is 2.70. The third-order valence-electron chi connectivity index (χ3n) is 4.05. The summed E-state index contributed by atoms with van der Waals surface area (Å²) in [4.78, 5) is 0. The van der Waals surface area contributed by atoms with E-state index in [1.807, 2.05) is 0 Å². The molecule has 0 atom stereocenters. The molecule has 0 aromatic heterocycles. The molecule has 3 rings (SSSR count). The van der Waals surface area contributed by atoms with Gasteiger partial charge in [0.05, 0.1) is 24.6 Å². The first-order chi connectivity index (χ1) is 14.4. The molecular formula is C22H24N2O6. The minimum Gasteiger partial charge on any atom is -0.503 e. The van der Waals surface area contributed by atoms with Gasteiger partial charge in [-0.1, -0.05) is 0 Å². The minimum atomic E-state index is -0.118. The number of nitrogen functional groups attached to an aromatic ring is 2. The van der Waals surface area contributed by atoms with Gasteiger partial charge < -0.3 is 40.6 Å². The van der Waals surface area contributed by atoms with E-state index in [9.17, 15) is 10.2 Å². The molecule has 0 amide bonds. The van der Waals surface area contributed by atoms with Crippen LogP contribution in [0.4, 0.5) is 11.4 Å². The molecular weight excluding hydrogens is 388 g/mol. The van der Waals surface area contributed by atoms with E-state index >= 15 is 0 Å². The summed E-state index contributed by atoms with van der Waals surface area (Å²) >= 11 is 0. The van der Waals surface area contributed by atoms with Crippen molar-refractivity contribution in [3.05, 3.63) is 48.5 Å². The predicted octanol–water partition coefficient (Wildman–Crippen LogP) is 4.64. The zero-order valence-corrected chi connectivity index (χ0v) is 16.7. The standard InChI is InChI=1S/C22H24N2O6/c1-3-27-19-11-15(9-17(23)21(19)25)29-13-5-7-14(8-6-13)30-16-10-18(24)22(26)20(12-16)28-4-2/h5-12,25-26H,3-4,23-24H2,1-2H3. The number of phenols is 2. The van der Waals surface area contributed by atoms with E-state index in [0.29, 0.717) is 36.2 Å². The van der Waals surface area contributed by atoms with Crippen molar-refractivity contribution >= 4 is 11.4 Å². The third kappa shape index (κ3) is 4.72. The number of hydrogen-bond donors (Lipinski definition) is 4. The van der Waals surface area contributed by atoms with Crippen LogP contribution in [0, 0.1) is 0 Å². The highest BCUT2D eigenvalue weighted by Crippen LogP contribution is 2.40. The quantitative estimate of drug-likeness (QED) is 0.311. The summed E-state index contributed by atoms with van der Waals surface area (Å²) in [6, 6.07) is 13.0. The van der Waals surface area contributed by atoms with Crippen LogP contribution in [-0.2, 0) is 0 Å². The maximum atomic E-state index is 9.93. The Labute approximate surface area is 174 Å². The lowest BCUT2D eigenvalue weighted by Gasteiger charge is -2.13. The van der Waals surface area contributed by atoms with Gasteiger partial charge in [0.25, 0.3) is 0 Å². The average Bonchev–Trinajstić information content (AvgIpc) is 2.71. The van der Waals surface area contributed by atoms with E-state index in [0.717, 1.165) is 0 Å². The Hall–Kier alpha value is -3.94. The smallest absolute Gasteiger partial charge is 0.181 e. The molecule has 3 aromatic carbocycles. The Morgan fingerprint density at radius 2 is 1.00 bits per heavy atom. The van der Waals surface area contributed by atoms with Crippen molar-refractivity contribution in [2.75, 3.05) is 24.7 Å². The lowest BCUT2D eigenvalue weighted by Crippen LogP contribution is -1.96. The Morgan fingerprint density at radius 1 is 0.633 bits per heavy atom. The lowest BCUT2D eigenvalue weighted by atomic mass is 10.2. The van der Waals surface area contributed by atoms with Gasteiger partial charge >= 0.3 is 0 Å². The SMILES string of the molecule is CCOc1cc(Oc2ccc(Oc3cc(N)c(O)c(OCC)c3)cc2)cc(N)c1O. The molecule has 30 heavy (non-hydrogen) atoms. The molecule has 8 heteroatoms. The van der Waals surface area contributed by atoms with Crippen LogP contribution in [0.5, 0.6) is 46.0 Å². The van der Waals surface area contributed by atoms with Gasteiger partial charge in [-0.25, -0.2) is 0 Å². The van der Waals surface area contributed by atoms with E-state index in [1.54, 1.807) is 50.2 Å². The maximum absolute atomic E-state index is 9.93. The fourth-order valence-electron chi connectivity index (χ4n) is 2.70. The van der Waals surface area contributed by atoms with E-state index in [-0.39, 0.29) is 34.4 Å². The van der Waals surface area contributed by atoms with Gasteiger partial charge in [-0.05, 0) is 38.1 Å². The van der Waals surface area contributed by atoms with Gasteiger partial charge in [0.2, 0.25) is 0 Å². The second-order valence-corrected chi connectivity index (χ2v) is 6.26. The summed E-state index contributed by atoms with van der Waals surface area (Å²) in [5.41, 5.74) is 11.9. The van der Waals surface area contributed by atoms with Gasteiger partial charge in [0.15, 0.2) is 23.0 Å². The molecule has 0 spiro atoms. The summed E-state index contributed by atoms with van der Waals surface area (Å²) in [5.74, 6) is 2.19. The van der Waals surface area contributed by atoms with E-state index in [1.165, 1.54) is 12.1 Å². The summed E-state index contributed by atoms with van der Waals surface area (Å²) in [7, 11) is 0. The molecule has 0 fully saturated rings. The van der Waals surface area contributed by atoms with Crippen LogP contribution in [0.2, 0.25) is 0 Å². The first-order valence-corrected chi connectivity index (χ1v) is 9.37. The molecule has 6 N–H and O–H groups in total. The van der Waals surface area contributed by atoms with Gasteiger partial charge in [0.1, 0.15) is 23.0 Å². The van der Waals surface area contributed by atoms with Crippen LogP contribution in [0.25, 0.3) is 0 Å². The number of ether oxygens (including phenoxy) is 4. The van der Waals surface area contributed by atoms with Crippen LogP contribution < -0.4 is 30.4 Å². The van der Waals surface area contributed by atoms with Crippen LogP contribution in [0.1, 0.15) is 13.8 Å². The predicted molar refractivity (Wildman–Crippen MR) is 114 cm³/mol. The monoisotopic (exact) mass is 412 g/mol. The Bertz CT molecular complexity index is 939. The summed E-state index contributed by atoms with van der Waals surface area (Å²) < 4.78 is 22.3. The normalized spacial score (nSPS) is 10.5. The molecule has 8 nitrogen and oxygen atoms in total. The zero-order chi connectivity index (χ0) is 21.7. The highest BCUT2D eigenvalue weighted by Gasteiger charge is 2.12.